The topological polar surface area (TPSA) is 78.4 Å². The summed E-state index contributed by atoms with van der Waals surface area (Å²) >= 11 is 0. The number of carboxylic acid groups (broad SMARTS) is 1. The van der Waals surface area contributed by atoms with Gasteiger partial charge in [0.1, 0.15) is 0 Å². The standard InChI is InChI=1S/C12H16N2O3/c1-9(10-5-3-2-4-6-10)14-12(17)13-8-7-11(15)16/h2-6,9H,7-8H2,1H3,(H,15,16)(H2,13,14,17)/t9-/m1/s1. The summed E-state index contributed by atoms with van der Waals surface area (Å²) in [5, 5.41) is 13.6. The second-order valence-electron chi connectivity index (χ2n) is 3.68. The maximum atomic E-state index is 11.4. The summed E-state index contributed by atoms with van der Waals surface area (Å²) in [6.45, 7) is 1.99. The highest BCUT2D eigenvalue weighted by Crippen LogP contribution is 2.10. The van der Waals surface area contributed by atoms with Crippen LogP contribution in [0.5, 0.6) is 0 Å². The minimum absolute atomic E-state index is 0.0763. The number of amides is 2. The Kier molecular flexibility index (Phi) is 5.00. The van der Waals surface area contributed by atoms with Crippen molar-refractivity contribution in [2.75, 3.05) is 6.54 Å². The Morgan fingerprint density at radius 2 is 1.94 bits per heavy atom. The van der Waals surface area contributed by atoms with E-state index in [0.29, 0.717) is 0 Å². The summed E-state index contributed by atoms with van der Waals surface area (Å²) in [6.07, 6.45) is -0.0763. The van der Waals surface area contributed by atoms with Crippen LogP contribution < -0.4 is 10.6 Å². The number of carbonyl (C=O) groups excluding carboxylic acids is 1. The van der Waals surface area contributed by atoms with Crippen LogP contribution in [0, 0.1) is 0 Å². The summed E-state index contributed by atoms with van der Waals surface area (Å²) in [4.78, 5) is 21.6. The first-order valence-corrected chi connectivity index (χ1v) is 5.40. The maximum Gasteiger partial charge on any atom is 0.315 e. The number of nitrogens with one attached hydrogen (secondary N) is 2. The van der Waals surface area contributed by atoms with Crippen LogP contribution in [0.3, 0.4) is 0 Å². The van der Waals surface area contributed by atoms with Crippen LogP contribution in [0.4, 0.5) is 4.79 Å². The lowest BCUT2D eigenvalue weighted by molar-refractivity contribution is -0.136. The van der Waals surface area contributed by atoms with E-state index in [4.69, 9.17) is 5.11 Å². The van der Waals surface area contributed by atoms with E-state index in [9.17, 15) is 9.59 Å². The lowest BCUT2D eigenvalue weighted by atomic mass is 10.1. The lowest BCUT2D eigenvalue weighted by Crippen LogP contribution is -2.38. The first kappa shape index (κ1) is 13.0. The SMILES string of the molecule is C[C@@H](NC(=O)NCCC(=O)O)c1ccccc1. The van der Waals surface area contributed by atoms with Gasteiger partial charge in [-0.3, -0.25) is 4.79 Å². The molecule has 17 heavy (non-hydrogen) atoms. The molecular formula is C12H16N2O3. The van der Waals surface area contributed by atoms with Crippen LogP contribution in [0.1, 0.15) is 24.9 Å². The van der Waals surface area contributed by atoms with Crippen molar-refractivity contribution in [1.29, 1.82) is 0 Å². The normalized spacial score (nSPS) is 11.6. The Balaban J connectivity index is 2.34. The van der Waals surface area contributed by atoms with E-state index < -0.39 is 5.97 Å². The first-order valence-electron chi connectivity index (χ1n) is 5.40. The van der Waals surface area contributed by atoms with Crippen LogP contribution in [-0.4, -0.2) is 23.7 Å². The molecule has 1 rings (SSSR count). The second kappa shape index (κ2) is 6.52. The molecular weight excluding hydrogens is 220 g/mol. The van der Waals surface area contributed by atoms with E-state index in [2.05, 4.69) is 10.6 Å². The van der Waals surface area contributed by atoms with Crippen LogP contribution in [0.15, 0.2) is 30.3 Å². The van der Waals surface area contributed by atoms with Gasteiger partial charge in [0, 0.05) is 6.54 Å². The van der Waals surface area contributed by atoms with E-state index >= 15 is 0 Å². The average molecular weight is 236 g/mol. The van der Waals surface area contributed by atoms with Gasteiger partial charge in [0.15, 0.2) is 0 Å². The van der Waals surface area contributed by atoms with Crippen molar-refractivity contribution in [2.45, 2.75) is 19.4 Å². The summed E-state index contributed by atoms with van der Waals surface area (Å²) in [5.41, 5.74) is 1.00. The summed E-state index contributed by atoms with van der Waals surface area (Å²) < 4.78 is 0. The molecule has 0 unspecified atom stereocenters. The number of urea groups is 1. The number of aliphatic carboxylic acids is 1. The minimum Gasteiger partial charge on any atom is -0.481 e. The largest absolute Gasteiger partial charge is 0.481 e. The van der Waals surface area contributed by atoms with E-state index in [1.165, 1.54) is 0 Å². The van der Waals surface area contributed by atoms with E-state index in [0.717, 1.165) is 5.56 Å². The molecule has 0 aliphatic carbocycles. The zero-order valence-corrected chi connectivity index (χ0v) is 9.64. The van der Waals surface area contributed by atoms with Crippen LogP contribution in [0.2, 0.25) is 0 Å². The van der Waals surface area contributed by atoms with Gasteiger partial charge < -0.3 is 15.7 Å². The fraction of sp³-hybridized carbons (Fsp3) is 0.333. The molecule has 3 N–H and O–H groups in total. The van der Waals surface area contributed by atoms with Crippen molar-refractivity contribution in [3.8, 4) is 0 Å². The monoisotopic (exact) mass is 236 g/mol. The Labute approximate surface area is 99.8 Å². The van der Waals surface area contributed by atoms with Crippen LogP contribution in [-0.2, 0) is 4.79 Å². The van der Waals surface area contributed by atoms with Gasteiger partial charge in [-0.05, 0) is 12.5 Å². The Bertz CT molecular complexity index is 379. The number of rotatable bonds is 5. The van der Waals surface area contributed by atoms with Crippen molar-refractivity contribution < 1.29 is 14.7 Å². The van der Waals surface area contributed by atoms with Crippen molar-refractivity contribution in [3.05, 3.63) is 35.9 Å². The third kappa shape index (κ3) is 5.01. The van der Waals surface area contributed by atoms with Crippen molar-refractivity contribution in [3.63, 3.8) is 0 Å². The molecule has 5 heteroatoms. The lowest BCUT2D eigenvalue weighted by Gasteiger charge is -2.14. The van der Waals surface area contributed by atoms with E-state index in [1.54, 1.807) is 0 Å². The van der Waals surface area contributed by atoms with Crippen LogP contribution in [0.25, 0.3) is 0 Å². The number of benzene rings is 1. The summed E-state index contributed by atoms with van der Waals surface area (Å²) in [7, 11) is 0. The molecule has 5 nitrogen and oxygen atoms in total. The molecule has 92 valence electrons. The van der Waals surface area contributed by atoms with Gasteiger partial charge in [0.05, 0.1) is 12.5 Å². The molecule has 0 saturated heterocycles. The van der Waals surface area contributed by atoms with Gasteiger partial charge in [0.25, 0.3) is 0 Å². The zero-order chi connectivity index (χ0) is 12.7. The average Bonchev–Trinajstić information content (AvgIpc) is 2.29. The highest BCUT2D eigenvalue weighted by Gasteiger charge is 2.08. The molecule has 1 aromatic carbocycles. The van der Waals surface area contributed by atoms with Gasteiger partial charge in [-0.2, -0.15) is 0 Å². The Morgan fingerprint density at radius 1 is 1.29 bits per heavy atom. The third-order valence-electron chi connectivity index (χ3n) is 2.27. The van der Waals surface area contributed by atoms with Crippen molar-refractivity contribution in [2.24, 2.45) is 0 Å². The first-order chi connectivity index (χ1) is 8.09. The molecule has 0 heterocycles. The number of hydrogen-bond acceptors (Lipinski definition) is 2. The Morgan fingerprint density at radius 3 is 2.53 bits per heavy atom. The smallest absolute Gasteiger partial charge is 0.315 e. The highest BCUT2D eigenvalue weighted by molar-refractivity contribution is 5.75. The Hall–Kier alpha value is -2.04. The molecule has 0 radical (unpaired) electrons. The quantitative estimate of drug-likeness (QED) is 0.725. The van der Waals surface area contributed by atoms with Gasteiger partial charge in [-0.1, -0.05) is 30.3 Å². The highest BCUT2D eigenvalue weighted by atomic mass is 16.4. The second-order valence-corrected chi connectivity index (χ2v) is 3.68. The molecule has 1 atom stereocenters. The summed E-state index contributed by atoms with van der Waals surface area (Å²) in [6, 6.07) is 9.07. The number of carbonyl (C=O) groups is 2. The van der Waals surface area contributed by atoms with E-state index in [1.807, 2.05) is 37.3 Å². The predicted molar refractivity (Wildman–Crippen MR) is 63.6 cm³/mol. The molecule has 0 saturated carbocycles. The minimum atomic E-state index is -0.929. The molecule has 0 spiro atoms. The predicted octanol–water partition coefficient (Wildman–Crippen LogP) is 1.52. The molecule has 0 fully saturated rings. The molecule has 2 amide bonds. The van der Waals surface area contributed by atoms with Gasteiger partial charge in [0.2, 0.25) is 0 Å². The molecule has 0 aliphatic rings. The molecule has 0 aromatic heterocycles. The molecule has 0 aliphatic heterocycles. The van der Waals surface area contributed by atoms with E-state index in [-0.39, 0.29) is 25.0 Å². The molecule has 0 bridgehead atoms. The summed E-state index contributed by atoms with van der Waals surface area (Å²) in [5.74, 6) is -0.929. The maximum absolute atomic E-state index is 11.4. The van der Waals surface area contributed by atoms with Gasteiger partial charge in [-0.15, -0.1) is 0 Å². The van der Waals surface area contributed by atoms with Gasteiger partial charge in [-0.25, -0.2) is 4.79 Å². The van der Waals surface area contributed by atoms with Crippen molar-refractivity contribution >= 4 is 12.0 Å². The number of hydrogen-bond donors (Lipinski definition) is 3. The van der Waals surface area contributed by atoms with Crippen LogP contribution >= 0.6 is 0 Å². The zero-order valence-electron chi connectivity index (χ0n) is 9.64. The van der Waals surface area contributed by atoms with Gasteiger partial charge >= 0.3 is 12.0 Å². The molecule has 1 aromatic rings. The number of carboxylic acids is 1. The fourth-order valence-corrected chi connectivity index (χ4v) is 1.36. The van der Waals surface area contributed by atoms with Crippen molar-refractivity contribution in [1.82, 2.24) is 10.6 Å². The third-order valence-corrected chi connectivity index (χ3v) is 2.27. The fourth-order valence-electron chi connectivity index (χ4n) is 1.36.